The van der Waals surface area contributed by atoms with E-state index in [1.165, 1.54) is 5.56 Å². The van der Waals surface area contributed by atoms with Gasteiger partial charge in [-0.05, 0) is 30.5 Å². The van der Waals surface area contributed by atoms with Crippen LogP contribution in [0.15, 0.2) is 47.5 Å². The number of nitrogens with zero attached hydrogens (tertiary/aromatic N) is 3. The SMILES string of the molecule is O=C(O)C(F)(F)F.O=C(O)C(F)(F)F.O=C1COC2(CCN(Cc3ccoc3)CC2)CN1Cc1cccnc1. The van der Waals surface area contributed by atoms with Crippen LogP contribution in [0.2, 0.25) is 0 Å². The third-order valence-electron chi connectivity index (χ3n) is 5.67. The molecule has 2 N–H and O–H groups in total. The zero-order chi connectivity index (χ0) is 29.3. The van der Waals surface area contributed by atoms with Gasteiger partial charge in [0.15, 0.2) is 0 Å². The van der Waals surface area contributed by atoms with Crippen molar-refractivity contribution in [2.24, 2.45) is 0 Å². The van der Waals surface area contributed by atoms with Crippen molar-refractivity contribution in [2.45, 2.75) is 43.9 Å². The van der Waals surface area contributed by atoms with Crippen molar-refractivity contribution >= 4 is 17.8 Å². The number of piperidine rings is 1. The van der Waals surface area contributed by atoms with Crippen LogP contribution in [0.3, 0.4) is 0 Å². The van der Waals surface area contributed by atoms with E-state index in [1.54, 1.807) is 18.7 Å². The van der Waals surface area contributed by atoms with Crippen molar-refractivity contribution in [2.75, 3.05) is 26.2 Å². The van der Waals surface area contributed by atoms with Gasteiger partial charge in [-0.3, -0.25) is 14.7 Å². The number of aliphatic carboxylic acids is 2. The molecule has 1 amide bonds. The zero-order valence-electron chi connectivity index (χ0n) is 20.2. The molecule has 0 atom stereocenters. The average molecular weight is 569 g/mol. The Morgan fingerprint density at radius 3 is 2.03 bits per heavy atom. The number of alkyl halides is 6. The number of carboxylic acids is 2. The summed E-state index contributed by atoms with van der Waals surface area (Å²) in [6.07, 6.45) is -1.18. The number of ether oxygens (including phenoxy) is 1. The maximum Gasteiger partial charge on any atom is 0.490 e. The van der Waals surface area contributed by atoms with E-state index in [0.717, 1.165) is 38.0 Å². The van der Waals surface area contributed by atoms with Gasteiger partial charge in [-0.2, -0.15) is 26.3 Å². The number of aromatic nitrogens is 1. The first kappa shape index (κ1) is 31.6. The summed E-state index contributed by atoms with van der Waals surface area (Å²) in [7, 11) is 0. The number of halogens is 6. The van der Waals surface area contributed by atoms with Gasteiger partial charge in [0.05, 0.1) is 24.7 Å². The standard InChI is InChI=1S/C19H23N3O3.2C2HF3O2/c23-18-14-25-19(15-22(18)12-16-2-1-6-20-10-16)4-7-21(8-5-19)11-17-3-9-24-13-17;2*3-2(4,5)1(6)7/h1-3,6,9-10,13H,4-5,7-8,11-12,14-15H2;2*(H,6,7). The lowest BCUT2D eigenvalue weighted by Gasteiger charge is -2.47. The molecule has 0 bridgehead atoms. The number of amides is 1. The first-order chi connectivity index (χ1) is 18.1. The zero-order valence-corrected chi connectivity index (χ0v) is 20.2. The van der Waals surface area contributed by atoms with Gasteiger partial charge >= 0.3 is 24.3 Å². The molecule has 0 aromatic carbocycles. The molecule has 2 saturated heterocycles. The molecule has 4 rings (SSSR count). The van der Waals surface area contributed by atoms with Crippen LogP contribution < -0.4 is 0 Å². The predicted molar refractivity (Wildman–Crippen MR) is 119 cm³/mol. The van der Waals surface area contributed by atoms with E-state index >= 15 is 0 Å². The Morgan fingerprint density at radius 2 is 1.56 bits per heavy atom. The number of rotatable bonds is 4. The fourth-order valence-corrected chi connectivity index (χ4v) is 3.71. The monoisotopic (exact) mass is 569 g/mol. The fourth-order valence-electron chi connectivity index (χ4n) is 3.71. The molecule has 0 radical (unpaired) electrons. The minimum atomic E-state index is -5.08. The molecule has 4 heterocycles. The van der Waals surface area contributed by atoms with E-state index in [-0.39, 0.29) is 18.1 Å². The highest BCUT2D eigenvalue weighted by molar-refractivity contribution is 5.78. The molecule has 0 saturated carbocycles. The van der Waals surface area contributed by atoms with Crippen LogP contribution in [0, 0.1) is 0 Å². The Labute approximate surface area is 217 Å². The van der Waals surface area contributed by atoms with Gasteiger partial charge in [0.25, 0.3) is 0 Å². The topological polar surface area (TPSA) is 133 Å². The van der Waals surface area contributed by atoms with Gasteiger partial charge < -0.3 is 24.3 Å². The molecule has 2 fully saturated rings. The molecule has 39 heavy (non-hydrogen) atoms. The highest BCUT2D eigenvalue weighted by atomic mass is 19.4. The Bertz CT molecular complexity index is 1050. The quantitative estimate of drug-likeness (QED) is 0.532. The van der Waals surface area contributed by atoms with Gasteiger partial charge in [-0.1, -0.05) is 6.07 Å². The summed E-state index contributed by atoms with van der Waals surface area (Å²) in [6, 6.07) is 5.93. The number of morpholine rings is 1. The van der Waals surface area contributed by atoms with Gasteiger partial charge in [-0.15, -0.1) is 0 Å². The number of carbonyl (C=O) groups excluding carboxylic acids is 1. The highest BCUT2D eigenvalue weighted by Crippen LogP contribution is 2.31. The van der Waals surface area contributed by atoms with E-state index in [2.05, 4.69) is 9.88 Å². The van der Waals surface area contributed by atoms with E-state index in [1.807, 2.05) is 29.3 Å². The first-order valence-corrected chi connectivity index (χ1v) is 11.3. The largest absolute Gasteiger partial charge is 0.490 e. The summed E-state index contributed by atoms with van der Waals surface area (Å²) in [5, 5.41) is 14.2. The smallest absolute Gasteiger partial charge is 0.475 e. The minimum Gasteiger partial charge on any atom is -0.475 e. The molecule has 216 valence electrons. The lowest BCUT2D eigenvalue weighted by atomic mass is 9.89. The maximum absolute atomic E-state index is 12.3. The van der Waals surface area contributed by atoms with Gasteiger partial charge in [-0.25, -0.2) is 9.59 Å². The molecular formula is C23H25F6N3O7. The molecule has 0 aliphatic carbocycles. The Morgan fingerprint density at radius 1 is 0.974 bits per heavy atom. The summed E-state index contributed by atoms with van der Waals surface area (Å²) >= 11 is 0. The maximum atomic E-state index is 12.3. The van der Waals surface area contributed by atoms with Crippen LogP contribution in [-0.4, -0.2) is 87.0 Å². The predicted octanol–water partition coefficient (Wildman–Crippen LogP) is 3.33. The third-order valence-corrected chi connectivity index (χ3v) is 5.67. The van der Waals surface area contributed by atoms with Crippen LogP contribution in [0.4, 0.5) is 26.3 Å². The number of hydrogen-bond donors (Lipinski definition) is 2. The van der Waals surface area contributed by atoms with Crippen molar-refractivity contribution in [1.82, 2.24) is 14.8 Å². The number of carbonyl (C=O) groups is 3. The van der Waals surface area contributed by atoms with Crippen LogP contribution in [0.5, 0.6) is 0 Å². The Hall–Kier alpha value is -3.66. The lowest BCUT2D eigenvalue weighted by molar-refractivity contribution is -0.193. The highest BCUT2D eigenvalue weighted by Gasteiger charge is 2.42. The van der Waals surface area contributed by atoms with Crippen LogP contribution in [0.1, 0.15) is 24.0 Å². The lowest BCUT2D eigenvalue weighted by Crippen LogP contribution is -2.58. The molecule has 2 aromatic rings. The van der Waals surface area contributed by atoms with Crippen LogP contribution in [0.25, 0.3) is 0 Å². The number of hydrogen-bond acceptors (Lipinski definition) is 7. The van der Waals surface area contributed by atoms with E-state index in [0.29, 0.717) is 13.1 Å². The molecule has 16 heteroatoms. The molecule has 2 aromatic heterocycles. The van der Waals surface area contributed by atoms with Crippen molar-refractivity contribution in [3.8, 4) is 0 Å². The average Bonchev–Trinajstić information content (AvgIpc) is 3.37. The van der Waals surface area contributed by atoms with Crippen molar-refractivity contribution in [3.63, 3.8) is 0 Å². The summed E-state index contributed by atoms with van der Waals surface area (Å²) < 4.78 is 74.6. The van der Waals surface area contributed by atoms with Crippen LogP contribution >= 0.6 is 0 Å². The summed E-state index contributed by atoms with van der Waals surface area (Å²) in [6.45, 7) is 4.31. The second kappa shape index (κ2) is 13.4. The Kier molecular flexibility index (Phi) is 10.9. The summed E-state index contributed by atoms with van der Waals surface area (Å²) in [5.41, 5.74) is 2.06. The number of furan rings is 1. The fraction of sp³-hybridized carbons (Fsp3) is 0.478. The van der Waals surface area contributed by atoms with E-state index < -0.39 is 24.3 Å². The number of carboxylic acid groups (broad SMARTS) is 2. The van der Waals surface area contributed by atoms with Crippen molar-refractivity contribution in [3.05, 3.63) is 54.2 Å². The normalized spacial score (nSPS) is 17.5. The second-order valence-electron chi connectivity index (χ2n) is 8.60. The summed E-state index contributed by atoms with van der Waals surface area (Å²) in [5.74, 6) is -5.45. The first-order valence-electron chi connectivity index (χ1n) is 11.3. The second-order valence-corrected chi connectivity index (χ2v) is 8.60. The molecular weight excluding hydrogens is 544 g/mol. The van der Waals surface area contributed by atoms with Crippen molar-refractivity contribution < 1.29 is 60.1 Å². The number of likely N-dealkylation sites (tertiary alicyclic amines) is 1. The van der Waals surface area contributed by atoms with Gasteiger partial charge in [0.2, 0.25) is 5.91 Å². The van der Waals surface area contributed by atoms with Crippen molar-refractivity contribution in [1.29, 1.82) is 0 Å². The summed E-state index contributed by atoms with van der Waals surface area (Å²) in [4.78, 5) is 38.5. The van der Waals surface area contributed by atoms with E-state index in [9.17, 15) is 31.1 Å². The molecule has 10 nitrogen and oxygen atoms in total. The minimum absolute atomic E-state index is 0.0651. The molecule has 2 aliphatic heterocycles. The van der Waals surface area contributed by atoms with E-state index in [4.69, 9.17) is 29.0 Å². The van der Waals surface area contributed by atoms with Crippen LogP contribution in [-0.2, 0) is 32.2 Å². The molecule has 2 aliphatic rings. The van der Waals surface area contributed by atoms with Gasteiger partial charge in [0.1, 0.15) is 6.61 Å². The third kappa shape index (κ3) is 10.6. The molecule has 0 unspecified atom stereocenters. The number of pyridine rings is 1. The Balaban J connectivity index is 0.000000317. The van der Waals surface area contributed by atoms with Gasteiger partial charge in [0, 0.05) is 44.1 Å². The molecule has 1 spiro atoms.